The molecule has 0 bridgehead atoms. The van der Waals surface area contributed by atoms with Crippen LogP contribution in [0.4, 0.5) is 0 Å². The van der Waals surface area contributed by atoms with Gasteiger partial charge < -0.3 is 15.2 Å². The largest absolute Gasteiger partial charge is 0.496 e. The molecule has 0 aromatic heterocycles. The standard InChI is InChI=1S/C14H17ClINO4/c1-14(2,3)11(13(19)20)17-12(18)7-5-8(15)9(16)6-10(7)21-4/h5-6,11H,1-4H3,(H,17,18)(H,19,20)/t11-/m0/s1. The molecule has 5 nitrogen and oxygen atoms in total. The maximum absolute atomic E-state index is 12.3. The molecular weight excluding hydrogens is 409 g/mol. The summed E-state index contributed by atoms with van der Waals surface area (Å²) in [4.78, 5) is 23.6. The fraction of sp³-hybridized carbons (Fsp3) is 0.429. The molecule has 0 aliphatic heterocycles. The molecule has 0 heterocycles. The maximum Gasteiger partial charge on any atom is 0.326 e. The third-order valence-electron chi connectivity index (χ3n) is 2.88. The van der Waals surface area contributed by atoms with Crippen molar-refractivity contribution < 1.29 is 19.4 Å². The minimum absolute atomic E-state index is 0.207. The van der Waals surface area contributed by atoms with Gasteiger partial charge in [0.25, 0.3) is 5.91 Å². The Kier molecular flexibility index (Phi) is 5.86. The normalized spacial score (nSPS) is 12.7. The van der Waals surface area contributed by atoms with Crippen molar-refractivity contribution in [3.8, 4) is 5.75 Å². The number of rotatable bonds is 4. The average molecular weight is 426 g/mol. The summed E-state index contributed by atoms with van der Waals surface area (Å²) in [6.07, 6.45) is 0. The third kappa shape index (κ3) is 4.47. The number of carbonyl (C=O) groups is 2. The third-order valence-corrected chi connectivity index (χ3v) is 4.40. The Labute approximate surface area is 142 Å². The van der Waals surface area contributed by atoms with Gasteiger partial charge in [0.2, 0.25) is 0 Å². The number of hydrogen-bond acceptors (Lipinski definition) is 3. The first kappa shape index (κ1) is 18.0. The van der Waals surface area contributed by atoms with Crippen LogP contribution in [0.25, 0.3) is 0 Å². The second kappa shape index (κ2) is 6.83. The highest BCUT2D eigenvalue weighted by Crippen LogP contribution is 2.29. The van der Waals surface area contributed by atoms with E-state index < -0.39 is 23.3 Å². The molecule has 1 amide bonds. The molecule has 7 heteroatoms. The van der Waals surface area contributed by atoms with E-state index in [1.807, 2.05) is 22.6 Å². The SMILES string of the molecule is COc1cc(I)c(Cl)cc1C(=O)N[C@@H](C(=O)O)C(C)(C)C. The quantitative estimate of drug-likeness (QED) is 0.727. The van der Waals surface area contributed by atoms with Crippen molar-refractivity contribution in [1.82, 2.24) is 5.32 Å². The van der Waals surface area contributed by atoms with Crippen molar-refractivity contribution in [3.63, 3.8) is 0 Å². The van der Waals surface area contributed by atoms with Crippen LogP contribution >= 0.6 is 34.2 Å². The summed E-state index contributed by atoms with van der Waals surface area (Å²) in [5.41, 5.74) is -0.416. The highest BCUT2D eigenvalue weighted by molar-refractivity contribution is 14.1. The summed E-state index contributed by atoms with van der Waals surface area (Å²) in [7, 11) is 1.44. The first-order chi connectivity index (χ1) is 9.57. The van der Waals surface area contributed by atoms with Crippen LogP contribution in [0.1, 0.15) is 31.1 Å². The molecule has 0 unspecified atom stereocenters. The van der Waals surface area contributed by atoms with E-state index in [-0.39, 0.29) is 5.56 Å². The second-order valence-corrected chi connectivity index (χ2v) is 7.15. The molecule has 0 aliphatic carbocycles. The molecule has 1 atom stereocenters. The lowest BCUT2D eigenvalue weighted by Gasteiger charge is -2.28. The van der Waals surface area contributed by atoms with Gasteiger partial charge in [-0.3, -0.25) is 4.79 Å². The van der Waals surface area contributed by atoms with Crippen molar-refractivity contribution in [2.75, 3.05) is 7.11 Å². The Hall–Kier alpha value is -1.02. The van der Waals surface area contributed by atoms with E-state index in [4.69, 9.17) is 16.3 Å². The molecule has 0 radical (unpaired) electrons. The molecule has 1 aromatic rings. The summed E-state index contributed by atoms with van der Waals surface area (Å²) >= 11 is 8.04. The van der Waals surface area contributed by atoms with Gasteiger partial charge in [-0.05, 0) is 40.1 Å². The van der Waals surface area contributed by atoms with E-state index in [1.54, 1.807) is 26.8 Å². The van der Waals surface area contributed by atoms with Crippen molar-refractivity contribution in [2.24, 2.45) is 5.41 Å². The van der Waals surface area contributed by atoms with Crippen LogP contribution in [0, 0.1) is 8.99 Å². The van der Waals surface area contributed by atoms with Crippen LogP contribution in [-0.4, -0.2) is 30.1 Å². The Bertz CT molecular complexity index is 569. The predicted octanol–water partition coefficient (Wildman–Crippen LogP) is 3.18. The number of aliphatic carboxylic acids is 1. The minimum atomic E-state index is -1.09. The lowest BCUT2D eigenvalue weighted by atomic mass is 9.86. The lowest BCUT2D eigenvalue weighted by Crippen LogP contribution is -2.49. The number of halogens is 2. The molecule has 1 aromatic carbocycles. The summed E-state index contributed by atoms with van der Waals surface area (Å²) < 4.78 is 5.90. The van der Waals surface area contributed by atoms with Crippen LogP contribution in [0.3, 0.4) is 0 Å². The number of carboxylic acid groups (broad SMARTS) is 1. The minimum Gasteiger partial charge on any atom is -0.496 e. The number of methoxy groups -OCH3 is 1. The Morgan fingerprint density at radius 1 is 1.38 bits per heavy atom. The molecule has 21 heavy (non-hydrogen) atoms. The van der Waals surface area contributed by atoms with Crippen molar-refractivity contribution in [3.05, 3.63) is 26.3 Å². The van der Waals surface area contributed by atoms with E-state index in [2.05, 4.69) is 5.32 Å². The van der Waals surface area contributed by atoms with Crippen molar-refractivity contribution in [2.45, 2.75) is 26.8 Å². The van der Waals surface area contributed by atoms with Crippen LogP contribution in [0.5, 0.6) is 5.75 Å². The Morgan fingerprint density at radius 3 is 2.38 bits per heavy atom. The van der Waals surface area contributed by atoms with Crippen molar-refractivity contribution >= 4 is 46.1 Å². The molecular formula is C14H17ClINO4. The van der Waals surface area contributed by atoms with Gasteiger partial charge in [-0.2, -0.15) is 0 Å². The lowest BCUT2D eigenvalue weighted by molar-refractivity contribution is -0.142. The number of amides is 1. The number of ether oxygens (including phenoxy) is 1. The summed E-state index contributed by atoms with van der Waals surface area (Å²) in [5, 5.41) is 12.2. The summed E-state index contributed by atoms with van der Waals surface area (Å²) in [5.74, 6) is -1.28. The molecule has 0 aliphatic rings. The van der Waals surface area contributed by atoms with Crippen LogP contribution in [0.2, 0.25) is 5.02 Å². The second-order valence-electron chi connectivity index (χ2n) is 5.58. The average Bonchev–Trinajstić information content (AvgIpc) is 2.36. The molecule has 116 valence electrons. The number of nitrogens with one attached hydrogen (secondary N) is 1. The van der Waals surface area contributed by atoms with Gasteiger partial charge in [-0.15, -0.1) is 0 Å². The van der Waals surface area contributed by atoms with Crippen LogP contribution in [-0.2, 0) is 4.79 Å². The maximum atomic E-state index is 12.3. The predicted molar refractivity (Wildman–Crippen MR) is 89.1 cm³/mol. The molecule has 1 rings (SSSR count). The Balaban J connectivity index is 3.14. The number of carboxylic acids is 1. The first-order valence-electron chi connectivity index (χ1n) is 6.14. The van der Waals surface area contributed by atoms with Gasteiger partial charge >= 0.3 is 5.97 Å². The zero-order valence-corrected chi connectivity index (χ0v) is 15.1. The topological polar surface area (TPSA) is 75.6 Å². The van der Waals surface area contributed by atoms with Gasteiger partial charge in [0, 0.05) is 3.57 Å². The van der Waals surface area contributed by atoms with Gasteiger partial charge in [0.1, 0.15) is 11.8 Å². The number of carbonyl (C=O) groups excluding carboxylic acids is 1. The zero-order chi connectivity index (χ0) is 16.4. The zero-order valence-electron chi connectivity index (χ0n) is 12.2. The van der Waals surface area contributed by atoms with Crippen LogP contribution in [0.15, 0.2) is 12.1 Å². The summed E-state index contributed by atoms with van der Waals surface area (Å²) in [6, 6.07) is 2.08. The van der Waals surface area contributed by atoms with Crippen LogP contribution < -0.4 is 10.1 Å². The number of hydrogen-bond donors (Lipinski definition) is 2. The fourth-order valence-electron chi connectivity index (χ4n) is 1.73. The number of benzene rings is 1. The highest BCUT2D eigenvalue weighted by atomic mass is 127. The van der Waals surface area contributed by atoms with Gasteiger partial charge in [-0.25, -0.2) is 4.79 Å². The van der Waals surface area contributed by atoms with E-state index in [0.717, 1.165) is 3.57 Å². The van der Waals surface area contributed by atoms with E-state index >= 15 is 0 Å². The van der Waals surface area contributed by atoms with E-state index in [9.17, 15) is 14.7 Å². The smallest absolute Gasteiger partial charge is 0.326 e. The molecule has 0 fully saturated rings. The molecule has 0 saturated heterocycles. The Morgan fingerprint density at radius 2 is 1.95 bits per heavy atom. The van der Waals surface area contributed by atoms with Gasteiger partial charge in [0.05, 0.1) is 17.7 Å². The summed E-state index contributed by atoms with van der Waals surface area (Å²) in [6.45, 7) is 5.22. The van der Waals surface area contributed by atoms with Gasteiger partial charge in [0.15, 0.2) is 0 Å². The molecule has 2 N–H and O–H groups in total. The molecule has 0 saturated carbocycles. The van der Waals surface area contributed by atoms with E-state index in [1.165, 1.54) is 13.2 Å². The first-order valence-corrected chi connectivity index (χ1v) is 7.60. The van der Waals surface area contributed by atoms with Gasteiger partial charge in [-0.1, -0.05) is 32.4 Å². The monoisotopic (exact) mass is 425 g/mol. The molecule has 0 spiro atoms. The fourth-order valence-corrected chi connectivity index (χ4v) is 2.33. The highest BCUT2D eigenvalue weighted by Gasteiger charge is 2.33. The van der Waals surface area contributed by atoms with Crippen molar-refractivity contribution in [1.29, 1.82) is 0 Å². The van der Waals surface area contributed by atoms with E-state index in [0.29, 0.717) is 10.8 Å².